The topological polar surface area (TPSA) is 81.4 Å². The summed E-state index contributed by atoms with van der Waals surface area (Å²) in [6, 6.07) is 11.4. The maximum absolute atomic E-state index is 12.7. The Labute approximate surface area is 188 Å². The zero-order valence-corrected chi connectivity index (χ0v) is 17.6. The molecule has 6 nitrogen and oxygen atoms in total. The third-order valence-electron chi connectivity index (χ3n) is 4.83. The minimum absolute atomic E-state index is 0.120. The predicted octanol–water partition coefficient (Wildman–Crippen LogP) is 4.84. The van der Waals surface area contributed by atoms with Crippen molar-refractivity contribution in [2.24, 2.45) is 0 Å². The molecule has 0 aliphatic heterocycles. The number of hydrogen-bond acceptors (Lipinski definition) is 4. The fourth-order valence-electron chi connectivity index (χ4n) is 2.93. The summed E-state index contributed by atoms with van der Waals surface area (Å²) in [4.78, 5) is 27.5. The molecule has 0 amide bonds. The molecule has 0 unspecified atom stereocenters. The number of rotatable bonds is 9. The average Bonchev–Trinajstić information content (AvgIpc) is 3.25. The first-order chi connectivity index (χ1) is 15.6. The van der Waals surface area contributed by atoms with Gasteiger partial charge in [0.05, 0.1) is 12.2 Å². The van der Waals surface area contributed by atoms with Gasteiger partial charge in [0, 0.05) is 24.5 Å². The smallest absolute Gasteiger partial charge is 0.416 e. The summed E-state index contributed by atoms with van der Waals surface area (Å²) in [5.41, 5.74) is 1.02. The highest BCUT2D eigenvalue weighted by atomic mass is 19.4. The van der Waals surface area contributed by atoms with Crippen molar-refractivity contribution in [3.63, 3.8) is 0 Å². The van der Waals surface area contributed by atoms with Crippen LogP contribution in [0, 0.1) is 0 Å². The molecule has 9 heteroatoms. The zero-order valence-electron chi connectivity index (χ0n) is 17.6. The molecule has 3 rings (SSSR count). The Morgan fingerprint density at radius 2 is 1.79 bits per heavy atom. The Morgan fingerprint density at radius 1 is 1.12 bits per heavy atom. The van der Waals surface area contributed by atoms with Crippen LogP contribution in [-0.2, 0) is 28.9 Å². The zero-order chi connectivity index (χ0) is 24.0. The van der Waals surface area contributed by atoms with Crippen LogP contribution in [0.2, 0.25) is 0 Å². The fourth-order valence-corrected chi connectivity index (χ4v) is 2.93. The van der Waals surface area contributed by atoms with Crippen LogP contribution in [0.15, 0.2) is 67.0 Å². The van der Waals surface area contributed by atoms with Gasteiger partial charge in [-0.25, -0.2) is 9.78 Å². The third-order valence-corrected chi connectivity index (χ3v) is 4.83. The van der Waals surface area contributed by atoms with E-state index in [4.69, 9.17) is 9.84 Å². The molecule has 0 aliphatic carbocycles. The lowest BCUT2D eigenvalue weighted by molar-refractivity contribution is -0.149. The maximum atomic E-state index is 12.7. The molecule has 0 radical (unpaired) electrons. The number of allylic oxidation sites excluding steroid dienone is 1. The molecule has 0 spiro atoms. The number of nitrogens with zero attached hydrogens (tertiary/aromatic N) is 2. The summed E-state index contributed by atoms with van der Waals surface area (Å²) in [6.45, 7) is 1.98. The van der Waals surface area contributed by atoms with E-state index < -0.39 is 29.6 Å². The van der Waals surface area contributed by atoms with Crippen LogP contribution >= 0.6 is 0 Å². The average molecular weight is 458 g/mol. The molecule has 1 aromatic heterocycles. The van der Waals surface area contributed by atoms with Crippen LogP contribution in [0.1, 0.15) is 39.8 Å². The van der Waals surface area contributed by atoms with Crippen LogP contribution < -0.4 is 0 Å². The number of carboxylic acids is 1. The summed E-state index contributed by atoms with van der Waals surface area (Å²) in [7, 11) is 0. The van der Waals surface area contributed by atoms with E-state index in [-0.39, 0.29) is 18.0 Å². The van der Waals surface area contributed by atoms with Gasteiger partial charge < -0.3 is 14.4 Å². The largest absolute Gasteiger partial charge is 0.479 e. The van der Waals surface area contributed by atoms with Crippen molar-refractivity contribution in [1.29, 1.82) is 0 Å². The van der Waals surface area contributed by atoms with Crippen molar-refractivity contribution in [3.8, 4) is 0 Å². The van der Waals surface area contributed by atoms with Gasteiger partial charge in [-0.3, -0.25) is 4.79 Å². The van der Waals surface area contributed by atoms with Gasteiger partial charge in [-0.1, -0.05) is 48.6 Å². The van der Waals surface area contributed by atoms with E-state index in [1.54, 1.807) is 10.8 Å². The first-order valence-electron chi connectivity index (χ1n) is 9.98. The molecule has 0 bridgehead atoms. The van der Waals surface area contributed by atoms with Crippen LogP contribution in [0.25, 0.3) is 6.08 Å². The van der Waals surface area contributed by atoms with E-state index in [0.29, 0.717) is 6.54 Å². The second kappa shape index (κ2) is 10.3. The van der Waals surface area contributed by atoms with E-state index in [9.17, 15) is 22.8 Å². The number of carbonyl (C=O) groups excluding carboxylic acids is 1. The second-order valence-corrected chi connectivity index (χ2v) is 7.24. The van der Waals surface area contributed by atoms with Gasteiger partial charge in [-0.15, -0.1) is 0 Å². The molecule has 3 aromatic rings. The number of benzene rings is 2. The number of imidazole rings is 1. The van der Waals surface area contributed by atoms with Gasteiger partial charge in [0.15, 0.2) is 11.9 Å². The van der Waals surface area contributed by atoms with Gasteiger partial charge >= 0.3 is 12.1 Å². The first kappa shape index (κ1) is 23.9. The monoisotopic (exact) mass is 458 g/mol. The summed E-state index contributed by atoms with van der Waals surface area (Å²) in [6.07, 6.45) is 1.39. The standard InChI is InChI=1S/C24H21F3N2O4/c1-16(23(31)32)33-15-18-6-4-17(5-7-18)3-2-13-29-14-12-28-22(29)21(30)19-8-10-20(11-9-19)24(25,26)27/h2-12,14,16H,13,15H2,1H3,(H,31,32)/t16-/m1/s1. The van der Waals surface area contributed by atoms with Crippen molar-refractivity contribution < 1.29 is 32.6 Å². The fraction of sp³-hybridized carbons (Fsp3) is 0.208. The molecular weight excluding hydrogens is 437 g/mol. The number of halogens is 3. The molecular formula is C24H21F3N2O4. The van der Waals surface area contributed by atoms with Crippen LogP contribution in [0.4, 0.5) is 13.2 Å². The van der Waals surface area contributed by atoms with E-state index >= 15 is 0 Å². The van der Waals surface area contributed by atoms with Crippen molar-refractivity contribution in [2.45, 2.75) is 32.4 Å². The number of aliphatic carboxylic acids is 1. The molecule has 1 heterocycles. The number of aromatic nitrogens is 2. The summed E-state index contributed by atoms with van der Waals surface area (Å²) in [5, 5.41) is 8.84. The Bertz CT molecular complexity index is 1130. The highest BCUT2D eigenvalue weighted by Gasteiger charge is 2.30. The molecule has 172 valence electrons. The maximum Gasteiger partial charge on any atom is 0.416 e. The van der Waals surface area contributed by atoms with Gasteiger partial charge in [0.1, 0.15) is 0 Å². The van der Waals surface area contributed by atoms with Crippen molar-refractivity contribution in [3.05, 3.63) is 95.1 Å². The second-order valence-electron chi connectivity index (χ2n) is 7.24. The van der Waals surface area contributed by atoms with Crippen molar-refractivity contribution >= 4 is 17.8 Å². The summed E-state index contributed by atoms with van der Waals surface area (Å²) in [5.74, 6) is -1.37. The summed E-state index contributed by atoms with van der Waals surface area (Å²) >= 11 is 0. The van der Waals surface area contributed by atoms with Gasteiger partial charge in [-0.05, 0) is 30.2 Å². The quantitative estimate of drug-likeness (QED) is 0.465. The number of alkyl halides is 3. The van der Waals surface area contributed by atoms with E-state index in [1.165, 1.54) is 13.1 Å². The van der Waals surface area contributed by atoms with Crippen LogP contribution in [0.3, 0.4) is 0 Å². The normalized spacial score (nSPS) is 12.7. The molecule has 2 aromatic carbocycles. The number of ether oxygens (including phenoxy) is 1. The SMILES string of the molecule is C[C@@H](OCc1ccc(C=CCn2ccnc2C(=O)c2ccc(C(F)(F)F)cc2)cc1)C(=O)O. The van der Waals surface area contributed by atoms with Gasteiger partial charge in [-0.2, -0.15) is 13.2 Å². The van der Waals surface area contributed by atoms with E-state index in [0.717, 1.165) is 35.4 Å². The first-order valence-corrected chi connectivity index (χ1v) is 9.98. The lowest BCUT2D eigenvalue weighted by Gasteiger charge is -2.08. The summed E-state index contributed by atoms with van der Waals surface area (Å²) < 4.78 is 45.0. The Morgan fingerprint density at radius 3 is 2.39 bits per heavy atom. The molecule has 0 fully saturated rings. The number of hydrogen-bond donors (Lipinski definition) is 1. The van der Waals surface area contributed by atoms with Crippen molar-refractivity contribution in [2.75, 3.05) is 0 Å². The van der Waals surface area contributed by atoms with Crippen LogP contribution in [-0.4, -0.2) is 32.5 Å². The molecule has 0 aliphatic rings. The number of ketones is 1. The highest BCUT2D eigenvalue weighted by Crippen LogP contribution is 2.29. The third kappa shape index (κ3) is 6.39. The molecule has 1 N–H and O–H groups in total. The van der Waals surface area contributed by atoms with Gasteiger partial charge in [0.2, 0.25) is 5.78 Å². The molecule has 1 atom stereocenters. The lowest BCUT2D eigenvalue weighted by Crippen LogP contribution is -2.19. The minimum atomic E-state index is -4.47. The Balaban J connectivity index is 1.61. The highest BCUT2D eigenvalue weighted by molar-refractivity contribution is 6.06. The van der Waals surface area contributed by atoms with E-state index in [1.807, 2.05) is 36.4 Å². The Hall–Kier alpha value is -3.72. The molecule has 0 saturated heterocycles. The van der Waals surface area contributed by atoms with Crippen molar-refractivity contribution in [1.82, 2.24) is 9.55 Å². The Kier molecular flexibility index (Phi) is 7.44. The number of carbonyl (C=O) groups is 2. The van der Waals surface area contributed by atoms with Crippen LogP contribution in [0.5, 0.6) is 0 Å². The molecule has 0 saturated carbocycles. The number of carboxylic acid groups (broad SMARTS) is 1. The van der Waals surface area contributed by atoms with Gasteiger partial charge in [0.25, 0.3) is 0 Å². The lowest BCUT2D eigenvalue weighted by atomic mass is 10.1. The predicted molar refractivity (Wildman–Crippen MR) is 114 cm³/mol. The molecule has 33 heavy (non-hydrogen) atoms. The minimum Gasteiger partial charge on any atom is -0.479 e. The van der Waals surface area contributed by atoms with E-state index in [2.05, 4.69) is 4.98 Å².